The zero-order valence-corrected chi connectivity index (χ0v) is 6.52. The van der Waals surface area contributed by atoms with Crippen molar-refractivity contribution < 1.29 is 0 Å². The van der Waals surface area contributed by atoms with Crippen LogP contribution >= 0.6 is 39.1 Å². The summed E-state index contributed by atoms with van der Waals surface area (Å²) in [5.41, 5.74) is 2.64. The molecule has 40 valence electrons. The molecule has 0 saturated heterocycles. The molecule has 0 radical (unpaired) electrons. The average Bonchev–Trinajstić information content (AvgIpc) is 1.61. The number of rotatable bonds is 1. The number of alkyl halides is 1. The Morgan fingerprint density at radius 2 is 2.43 bits per heavy atom. The van der Waals surface area contributed by atoms with Gasteiger partial charge >= 0.3 is 0 Å². The van der Waals surface area contributed by atoms with E-state index in [4.69, 9.17) is 23.2 Å². The summed E-state index contributed by atoms with van der Waals surface area (Å²) >= 11 is 13.5. The molecular formula is C4H3BrCl2. The summed E-state index contributed by atoms with van der Waals surface area (Å²) in [7, 11) is 0. The first kappa shape index (κ1) is 7.58. The van der Waals surface area contributed by atoms with Gasteiger partial charge in [-0.15, -0.1) is 11.6 Å². The molecule has 0 fully saturated rings. The lowest BCUT2D eigenvalue weighted by Crippen LogP contribution is -1.51. The van der Waals surface area contributed by atoms with E-state index >= 15 is 0 Å². The largest absolute Gasteiger partial charge is 0.125 e. The Hall–Kier alpha value is 0.580. The molecule has 0 rings (SSSR count). The van der Waals surface area contributed by atoms with Crippen LogP contribution in [0.15, 0.2) is 15.7 Å². The van der Waals surface area contributed by atoms with Gasteiger partial charge in [0.25, 0.3) is 0 Å². The summed E-state index contributed by atoms with van der Waals surface area (Å²) in [6.45, 7) is 0. The van der Waals surface area contributed by atoms with Crippen molar-refractivity contribution in [3.63, 3.8) is 0 Å². The molecule has 0 nitrogen and oxygen atoms in total. The second-order valence-corrected chi connectivity index (χ2v) is 2.70. The van der Waals surface area contributed by atoms with Crippen LogP contribution in [-0.4, -0.2) is 5.88 Å². The Kier molecular flexibility index (Phi) is 5.12. The monoisotopic (exact) mass is 200 g/mol. The highest BCUT2D eigenvalue weighted by Crippen LogP contribution is 2.05. The summed E-state index contributed by atoms with van der Waals surface area (Å²) in [5.74, 6) is 0.446. The number of allylic oxidation sites excluding steroid dienone is 1. The Morgan fingerprint density at radius 1 is 1.86 bits per heavy atom. The van der Waals surface area contributed by atoms with E-state index in [0.717, 1.165) is 0 Å². The minimum Gasteiger partial charge on any atom is -0.122 e. The molecule has 0 bridgehead atoms. The zero-order valence-electron chi connectivity index (χ0n) is 3.42. The van der Waals surface area contributed by atoms with Gasteiger partial charge in [0, 0.05) is 5.88 Å². The topological polar surface area (TPSA) is 0 Å². The molecule has 0 spiro atoms. The van der Waals surface area contributed by atoms with Gasteiger partial charge in [-0.05, 0) is 22.0 Å². The number of halogens is 3. The fraction of sp³-hybridized carbons (Fsp3) is 0.250. The van der Waals surface area contributed by atoms with Crippen LogP contribution < -0.4 is 0 Å². The van der Waals surface area contributed by atoms with Crippen LogP contribution in [0.1, 0.15) is 0 Å². The normalized spacial score (nSPS) is 7.29. The van der Waals surface area contributed by atoms with E-state index in [0.29, 0.717) is 9.82 Å². The molecule has 3 heteroatoms. The van der Waals surface area contributed by atoms with Gasteiger partial charge in [-0.1, -0.05) is 17.3 Å². The molecule has 0 aliphatic heterocycles. The second-order valence-electron chi connectivity index (χ2n) is 0.763. The molecule has 0 saturated carbocycles. The fourth-order valence-corrected chi connectivity index (χ4v) is 0.432. The molecule has 0 unspecified atom stereocenters. The zero-order chi connectivity index (χ0) is 5.70. The van der Waals surface area contributed by atoms with Crippen LogP contribution in [0.2, 0.25) is 0 Å². The van der Waals surface area contributed by atoms with Crippen molar-refractivity contribution in [1.82, 2.24) is 0 Å². The smallest absolute Gasteiger partial charge is 0.122 e. The molecule has 0 aromatic rings. The standard InChI is InChI=1S/C4H3BrCl2/c5-4(7)2-1-3-6/h1H,3H2. The van der Waals surface area contributed by atoms with Gasteiger partial charge in [-0.2, -0.15) is 0 Å². The van der Waals surface area contributed by atoms with Crippen molar-refractivity contribution in [3.05, 3.63) is 15.7 Å². The van der Waals surface area contributed by atoms with Gasteiger partial charge in [0.1, 0.15) is 3.94 Å². The van der Waals surface area contributed by atoms with Crippen LogP contribution in [0.3, 0.4) is 0 Å². The first-order valence-corrected chi connectivity index (χ1v) is 3.30. The van der Waals surface area contributed by atoms with Crippen molar-refractivity contribution in [3.8, 4) is 0 Å². The highest BCUT2D eigenvalue weighted by atomic mass is 79.9. The molecule has 0 N–H and O–H groups in total. The van der Waals surface area contributed by atoms with E-state index in [1.165, 1.54) is 0 Å². The van der Waals surface area contributed by atoms with E-state index in [1.807, 2.05) is 0 Å². The van der Waals surface area contributed by atoms with Crippen LogP contribution in [-0.2, 0) is 0 Å². The molecule has 0 atom stereocenters. The van der Waals surface area contributed by atoms with Crippen molar-refractivity contribution >= 4 is 39.1 Å². The quantitative estimate of drug-likeness (QED) is 0.452. The predicted octanol–water partition coefficient (Wildman–Crippen LogP) is 2.86. The second kappa shape index (κ2) is 4.73. The summed E-state index contributed by atoms with van der Waals surface area (Å²) in [5, 5.41) is 0. The molecule has 0 amide bonds. The summed E-state index contributed by atoms with van der Waals surface area (Å²) < 4.78 is 0.452. The van der Waals surface area contributed by atoms with Gasteiger partial charge in [0.05, 0.1) is 0 Å². The Labute approximate surface area is 60.9 Å². The Balaban J connectivity index is 3.62. The molecular weight excluding hydrogens is 199 g/mol. The van der Waals surface area contributed by atoms with Crippen molar-refractivity contribution in [2.45, 2.75) is 0 Å². The number of hydrogen-bond donors (Lipinski definition) is 0. The lowest BCUT2D eigenvalue weighted by atomic mass is 10.7. The maximum absolute atomic E-state index is 5.29. The van der Waals surface area contributed by atoms with E-state index in [1.54, 1.807) is 6.08 Å². The van der Waals surface area contributed by atoms with Crippen molar-refractivity contribution in [1.29, 1.82) is 0 Å². The minimum atomic E-state index is 0.446. The fourth-order valence-electron chi connectivity index (χ4n) is 0.116. The van der Waals surface area contributed by atoms with E-state index in [-0.39, 0.29) is 0 Å². The summed E-state index contributed by atoms with van der Waals surface area (Å²) in [6, 6.07) is 0. The van der Waals surface area contributed by atoms with E-state index < -0.39 is 0 Å². The number of hydrogen-bond acceptors (Lipinski definition) is 0. The summed E-state index contributed by atoms with van der Waals surface area (Å²) in [4.78, 5) is 0. The third-order valence-corrected chi connectivity index (χ3v) is 0.781. The molecule has 0 aromatic heterocycles. The van der Waals surface area contributed by atoms with Crippen LogP contribution in [0, 0.1) is 0 Å². The average molecular weight is 202 g/mol. The minimum absolute atomic E-state index is 0.446. The van der Waals surface area contributed by atoms with Gasteiger partial charge in [-0.25, -0.2) is 0 Å². The SMILES string of the molecule is ClCC=C=C(Cl)Br. The van der Waals surface area contributed by atoms with Gasteiger partial charge in [-0.3, -0.25) is 0 Å². The van der Waals surface area contributed by atoms with Gasteiger partial charge in [0.2, 0.25) is 0 Å². The molecule has 0 aliphatic carbocycles. The molecule has 7 heavy (non-hydrogen) atoms. The van der Waals surface area contributed by atoms with Crippen LogP contribution in [0.5, 0.6) is 0 Å². The Bertz CT molecular complexity index is 98.3. The van der Waals surface area contributed by atoms with Crippen LogP contribution in [0.4, 0.5) is 0 Å². The maximum Gasteiger partial charge on any atom is 0.125 e. The van der Waals surface area contributed by atoms with Crippen molar-refractivity contribution in [2.24, 2.45) is 0 Å². The predicted molar refractivity (Wildman–Crippen MR) is 37.1 cm³/mol. The van der Waals surface area contributed by atoms with E-state index in [9.17, 15) is 0 Å². The van der Waals surface area contributed by atoms with Gasteiger partial charge in [0.15, 0.2) is 0 Å². The molecule has 0 heterocycles. The third kappa shape index (κ3) is 6.58. The van der Waals surface area contributed by atoms with Crippen molar-refractivity contribution in [2.75, 3.05) is 5.88 Å². The lowest BCUT2D eigenvalue weighted by molar-refractivity contribution is 1.78. The molecule has 0 aromatic carbocycles. The molecule has 0 aliphatic rings. The summed E-state index contributed by atoms with van der Waals surface area (Å²) in [6.07, 6.45) is 1.62. The first-order chi connectivity index (χ1) is 3.27. The third-order valence-electron chi connectivity index (χ3n) is 0.288. The highest BCUT2D eigenvalue weighted by molar-refractivity contribution is 9.12. The van der Waals surface area contributed by atoms with Crippen LogP contribution in [0.25, 0.3) is 0 Å². The van der Waals surface area contributed by atoms with Gasteiger partial charge < -0.3 is 0 Å². The highest BCUT2D eigenvalue weighted by Gasteiger charge is 1.70. The first-order valence-electron chi connectivity index (χ1n) is 1.59. The van der Waals surface area contributed by atoms with E-state index in [2.05, 4.69) is 21.7 Å². The maximum atomic E-state index is 5.29. The lowest BCUT2D eigenvalue weighted by Gasteiger charge is -1.67. The Morgan fingerprint density at radius 3 is 2.57 bits per heavy atom.